The third kappa shape index (κ3) is 5.54. The van der Waals surface area contributed by atoms with Gasteiger partial charge in [-0.15, -0.1) is 0 Å². The Morgan fingerprint density at radius 3 is 1.79 bits per heavy atom. The Morgan fingerprint density at radius 2 is 1.57 bits per heavy atom. The molecule has 4 heteroatoms. The maximum atomic E-state index is 10.4. The summed E-state index contributed by atoms with van der Waals surface area (Å²) in [5, 5.41) is 0. The lowest BCUT2D eigenvalue weighted by Crippen LogP contribution is -2.09. The van der Waals surface area contributed by atoms with E-state index in [1.165, 1.54) is 0 Å². The van der Waals surface area contributed by atoms with E-state index in [4.69, 9.17) is 5.73 Å². The second-order valence-corrected chi connectivity index (χ2v) is 2.34. The molecule has 0 saturated heterocycles. The molecular weight excluding hydrogens is 180 g/mol. The first kappa shape index (κ1) is 11.9. The third-order valence-corrected chi connectivity index (χ3v) is 1.26. The fourth-order valence-electron chi connectivity index (χ4n) is 0.602. The second kappa shape index (κ2) is 6.42. The van der Waals surface area contributed by atoms with E-state index < -0.39 is 5.91 Å². The van der Waals surface area contributed by atoms with Crippen LogP contribution < -0.4 is 11.5 Å². The molecule has 0 fully saturated rings. The minimum absolute atomic E-state index is 0.379. The minimum Gasteiger partial charge on any atom is -0.366 e. The van der Waals surface area contributed by atoms with Crippen molar-refractivity contribution in [1.82, 2.24) is 0 Å². The van der Waals surface area contributed by atoms with Crippen molar-refractivity contribution in [2.75, 3.05) is 0 Å². The maximum absolute atomic E-state index is 10.4. The van der Waals surface area contributed by atoms with Gasteiger partial charge in [-0.25, -0.2) is 0 Å². The lowest BCUT2D eigenvalue weighted by Gasteiger charge is -1.89. The van der Waals surface area contributed by atoms with E-state index in [1.54, 1.807) is 24.3 Å². The van der Waals surface area contributed by atoms with Crippen molar-refractivity contribution in [1.29, 1.82) is 0 Å². The van der Waals surface area contributed by atoms with E-state index in [-0.39, 0.29) is 5.91 Å². The van der Waals surface area contributed by atoms with Crippen LogP contribution in [0, 0.1) is 0 Å². The van der Waals surface area contributed by atoms with Gasteiger partial charge in [0.2, 0.25) is 11.8 Å². The zero-order chi connectivity index (χ0) is 11.0. The topological polar surface area (TPSA) is 86.2 Å². The molecule has 0 saturated carbocycles. The van der Waals surface area contributed by atoms with E-state index in [2.05, 4.69) is 12.3 Å². The Labute approximate surface area is 82.2 Å². The van der Waals surface area contributed by atoms with Crippen molar-refractivity contribution in [2.45, 2.75) is 0 Å². The van der Waals surface area contributed by atoms with Crippen LogP contribution in [0.3, 0.4) is 0 Å². The molecule has 0 aliphatic heterocycles. The molecule has 4 nitrogen and oxygen atoms in total. The maximum Gasteiger partial charge on any atom is 0.248 e. The Morgan fingerprint density at radius 1 is 1.14 bits per heavy atom. The monoisotopic (exact) mass is 192 g/mol. The average molecular weight is 192 g/mol. The molecule has 0 aromatic heterocycles. The molecule has 1 aromatic carbocycles. The van der Waals surface area contributed by atoms with Crippen molar-refractivity contribution in [2.24, 2.45) is 11.5 Å². The van der Waals surface area contributed by atoms with Crippen LogP contribution in [0.5, 0.6) is 0 Å². The minimum atomic E-state index is -0.481. The summed E-state index contributed by atoms with van der Waals surface area (Å²) in [6.45, 7) is 3.09. The molecule has 0 unspecified atom stereocenters. The first-order valence-electron chi connectivity index (χ1n) is 3.84. The molecule has 1 rings (SSSR count). The highest BCUT2D eigenvalue weighted by Gasteiger charge is 1.93. The number of amides is 2. The van der Waals surface area contributed by atoms with Gasteiger partial charge in [0.15, 0.2) is 0 Å². The predicted octanol–water partition coefficient (Wildman–Crippen LogP) is 0.443. The highest BCUT2D eigenvalue weighted by atomic mass is 16.1. The molecule has 4 N–H and O–H groups in total. The van der Waals surface area contributed by atoms with Gasteiger partial charge < -0.3 is 11.5 Å². The summed E-state index contributed by atoms with van der Waals surface area (Å²) in [4.78, 5) is 19.9. The summed E-state index contributed by atoms with van der Waals surface area (Å²) in [6, 6.07) is 8.76. The van der Waals surface area contributed by atoms with E-state index in [9.17, 15) is 9.59 Å². The molecule has 0 aliphatic carbocycles. The normalized spacial score (nSPS) is 8.00. The smallest absolute Gasteiger partial charge is 0.248 e. The van der Waals surface area contributed by atoms with Gasteiger partial charge in [-0.1, -0.05) is 24.8 Å². The zero-order valence-corrected chi connectivity index (χ0v) is 7.64. The van der Waals surface area contributed by atoms with Crippen molar-refractivity contribution in [3.8, 4) is 0 Å². The Bertz CT molecular complexity index is 320. The molecule has 0 radical (unpaired) electrons. The van der Waals surface area contributed by atoms with Gasteiger partial charge in [0.05, 0.1) is 0 Å². The summed E-state index contributed by atoms with van der Waals surface area (Å²) in [6.07, 6.45) is 1.06. The van der Waals surface area contributed by atoms with Gasteiger partial charge in [0.1, 0.15) is 0 Å². The zero-order valence-electron chi connectivity index (χ0n) is 7.64. The lowest BCUT2D eigenvalue weighted by atomic mass is 10.2. The quantitative estimate of drug-likeness (QED) is 0.666. The van der Waals surface area contributed by atoms with E-state index in [1.807, 2.05) is 6.07 Å². The number of hydrogen-bond donors (Lipinski definition) is 2. The summed E-state index contributed by atoms with van der Waals surface area (Å²) in [5.41, 5.74) is 10.1. The Hall–Kier alpha value is -2.10. The lowest BCUT2D eigenvalue weighted by molar-refractivity contribution is -0.113. The molecule has 0 bridgehead atoms. The number of hydrogen-bond acceptors (Lipinski definition) is 2. The molecular formula is C10H12N2O2. The third-order valence-electron chi connectivity index (χ3n) is 1.26. The van der Waals surface area contributed by atoms with Crippen LogP contribution in [0.2, 0.25) is 0 Å². The van der Waals surface area contributed by atoms with Gasteiger partial charge in [-0.3, -0.25) is 9.59 Å². The molecule has 0 atom stereocenters. The fraction of sp³-hybridized carbons (Fsp3) is 0. The van der Waals surface area contributed by atoms with Crippen LogP contribution in [0.25, 0.3) is 0 Å². The molecule has 0 spiro atoms. The van der Waals surface area contributed by atoms with Crippen molar-refractivity contribution >= 4 is 11.8 Å². The first-order valence-corrected chi connectivity index (χ1v) is 3.84. The van der Waals surface area contributed by atoms with Crippen LogP contribution in [0.1, 0.15) is 10.4 Å². The van der Waals surface area contributed by atoms with Crippen LogP contribution >= 0.6 is 0 Å². The van der Waals surface area contributed by atoms with E-state index in [0.717, 1.165) is 6.08 Å². The van der Waals surface area contributed by atoms with Crippen molar-refractivity contribution in [3.63, 3.8) is 0 Å². The summed E-state index contributed by atoms with van der Waals surface area (Å²) in [7, 11) is 0. The molecule has 14 heavy (non-hydrogen) atoms. The van der Waals surface area contributed by atoms with Crippen molar-refractivity contribution in [3.05, 3.63) is 48.6 Å². The highest BCUT2D eigenvalue weighted by molar-refractivity contribution is 5.92. The van der Waals surface area contributed by atoms with Gasteiger partial charge in [0.25, 0.3) is 0 Å². The number of rotatable bonds is 2. The number of primary amides is 2. The average Bonchev–Trinajstić information content (AvgIpc) is 2.20. The largest absolute Gasteiger partial charge is 0.366 e. The van der Waals surface area contributed by atoms with Crippen molar-refractivity contribution < 1.29 is 9.59 Å². The van der Waals surface area contributed by atoms with E-state index in [0.29, 0.717) is 5.56 Å². The van der Waals surface area contributed by atoms with Gasteiger partial charge in [-0.2, -0.15) is 0 Å². The molecule has 1 aromatic rings. The van der Waals surface area contributed by atoms with Gasteiger partial charge in [-0.05, 0) is 18.2 Å². The summed E-state index contributed by atoms with van der Waals surface area (Å²) < 4.78 is 0. The van der Waals surface area contributed by atoms with Gasteiger partial charge in [0, 0.05) is 5.56 Å². The number of benzene rings is 1. The number of carbonyl (C=O) groups is 2. The van der Waals surface area contributed by atoms with Crippen LogP contribution in [-0.4, -0.2) is 11.8 Å². The molecule has 74 valence electrons. The number of nitrogens with two attached hydrogens (primary N) is 2. The Kier molecular flexibility index (Phi) is 5.46. The van der Waals surface area contributed by atoms with Crippen LogP contribution in [0.4, 0.5) is 0 Å². The highest BCUT2D eigenvalue weighted by Crippen LogP contribution is 1.94. The molecule has 0 aliphatic rings. The Balaban J connectivity index is 0.000000292. The van der Waals surface area contributed by atoms with E-state index >= 15 is 0 Å². The second-order valence-electron chi connectivity index (χ2n) is 2.34. The summed E-state index contributed by atoms with van der Waals surface area (Å²) >= 11 is 0. The van der Waals surface area contributed by atoms with Crippen LogP contribution in [0.15, 0.2) is 43.0 Å². The standard InChI is InChI=1S/C7H7NO.C3H5NO/c8-7(9)6-4-2-1-3-5-6;1-2-3(4)5/h1-5H,(H2,8,9);2H,1H2,(H2,4,5). The fourth-order valence-corrected chi connectivity index (χ4v) is 0.602. The molecule has 2 amide bonds. The SMILES string of the molecule is C=CC(N)=O.NC(=O)c1ccccc1. The van der Waals surface area contributed by atoms with Gasteiger partial charge >= 0.3 is 0 Å². The number of carbonyl (C=O) groups excluding carboxylic acids is 2. The van der Waals surface area contributed by atoms with Crippen LogP contribution in [-0.2, 0) is 4.79 Å². The summed E-state index contributed by atoms with van der Waals surface area (Å²) in [5.74, 6) is -0.861. The molecule has 0 heterocycles. The first-order chi connectivity index (χ1) is 6.57. The predicted molar refractivity (Wildman–Crippen MR) is 54.4 cm³/mol.